The van der Waals surface area contributed by atoms with E-state index in [0.717, 1.165) is 50.6 Å². The maximum atomic E-state index is 12.8. The fourth-order valence-electron chi connectivity index (χ4n) is 4.89. The van der Waals surface area contributed by atoms with Crippen molar-refractivity contribution in [2.24, 2.45) is 11.5 Å². The maximum absolute atomic E-state index is 12.8. The molecule has 13 heteroatoms. The monoisotopic (exact) mass is 585 g/mol. The molecule has 43 heavy (non-hydrogen) atoms. The van der Waals surface area contributed by atoms with Gasteiger partial charge in [-0.05, 0) is 67.7 Å². The first-order valence-electron chi connectivity index (χ1n) is 14.1. The molecule has 0 saturated carbocycles. The molecule has 8 N–H and O–H groups in total. The number of nitrogens with two attached hydrogens (primary N) is 2. The lowest BCUT2D eigenvalue weighted by atomic mass is 10.2. The van der Waals surface area contributed by atoms with Crippen LogP contribution in [0.2, 0.25) is 0 Å². The number of carbonyl (C=O) groups is 2. The number of pyridine rings is 1. The molecule has 2 aliphatic heterocycles. The molecule has 2 saturated heterocycles. The van der Waals surface area contributed by atoms with E-state index in [1.165, 1.54) is 25.6 Å². The van der Waals surface area contributed by atoms with E-state index < -0.39 is 0 Å². The van der Waals surface area contributed by atoms with Crippen LogP contribution in [-0.4, -0.2) is 98.3 Å². The van der Waals surface area contributed by atoms with Crippen LogP contribution in [0.4, 0.5) is 22.7 Å². The van der Waals surface area contributed by atoms with Gasteiger partial charge < -0.3 is 41.7 Å². The Morgan fingerprint density at radius 2 is 1.23 bits per heavy atom. The zero-order valence-electron chi connectivity index (χ0n) is 24.3. The van der Waals surface area contributed by atoms with Crippen molar-refractivity contribution in [3.05, 3.63) is 78.1 Å². The molecule has 13 nitrogen and oxygen atoms in total. The van der Waals surface area contributed by atoms with Gasteiger partial charge >= 0.3 is 0 Å². The van der Waals surface area contributed by atoms with Crippen LogP contribution in [0.5, 0.6) is 0 Å². The summed E-state index contributed by atoms with van der Waals surface area (Å²) in [6.45, 7) is 6.26. The number of carbonyl (C=O) groups excluding carboxylic acids is 2. The van der Waals surface area contributed by atoms with E-state index in [4.69, 9.17) is 16.6 Å². The molecule has 3 aromatic rings. The Morgan fingerprint density at radius 1 is 0.744 bits per heavy atom. The van der Waals surface area contributed by atoms with Crippen molar-refractivity contribution in [3.8, 4) is 0 Å². The van der Waals surface area contributed by atoms with E-state index in [9.17, 15) is 9.59 Å². The summed E-state index contributed by atoms with van der Waals surface area (Å²) in [6, 6.07) is 18.4. The summed E-state index contributed by atoms with van der Waals surface area (Å²) in [5.41, 5.74) is 14.1. The number of benzene rings is 2. The Labute approximate surface area is 251 Å². The molecule has 226 valence electrons. The van der Waals surface area contributed by atoms with Crippen molar-refractivity contribution in [2.75, 3.05) is 79.8 Å². The molecule has 5 rings (SSSR count). The third kappa shape index (κ3) is 7.98. The second-order valence-electron chi connectivity index (χ2n) is 9.95. The van der Waals surface area contributed by atoms with Gasteiger partial charge in [0.1, 0.15) is 5.69 Å². The van der Waals surface area contributed by atoms with E-state index in [-0.39, 0.29) is 23.5 Å². The molecule has 2 amide bonds. The number of hydrogen-bond acceptors (Lipinski definition) is 8. The van der Waals surface area contributed by atoms with Crippen molar-refractivity contribution < 1.29 is 9.59 Å². The number of rotatable bonds is 7. The van der Waals surface area contributed by atoms with Crippen LogP contribution in [-0.2, 0) is 0 Å². The summed E-state index contributed by atoms with van der Waals surface area (Å²) in [5.74, 6) is -0.573. The molecule has 2 fully saturated rings. The van der Waals surface area contributed by atoms with Gasteiger partial charge in [0.15, 0.2) is 5.96 Å². The molecule has 0 atom stereocenters. The molecular weight excluding hydrogens is 546 g/mol. The van der Waals surface area contributed by atoms with Gasteiger partial charge in [-0.2, -0.15) is 0 Å². The summed E-state index contributed by atoms with van der Waals surface area (Å²) in [5, 5.41) is 20.6. The number of hydrogen-bond donors (Lipinski definition) is 6. The van der Waals surface area contributed by atoms with Gasteiger partial charge in [-0.15, -0.1) is 0 Å². The number of anilines is 4. The number of piperazine rings is 2. The Balaban J connectivity index is 0.00000207. The molecule has 0 bridgehead atoms. The normalized spacial score (nSPS) is 14.7. The van der Waals surface area contributed by atoms with Gasteiger partial charge in [-0.1, -0.05) is 0 Å². The predicted octanol–water partition coefficient (Wildman–Crippen LogP) is 1.91. The second kappa shape index (κ2) is 14.6. The first-order chi connectivity index (χ1) is 20.9. The van der Waals surface area contributed by atoms with E-state index in [1.807, 2.05) is 58.3 Å². The van der Waals surface area contributed by atoms with Gasteiger partial charge in [0.05, 0.1) is 11.9 Å². The number of amides is 2. The van der Waals surface area contributed by atoms with Crippen LogP contribution in [0, 0.1) is 10.8 Å². The van der Waals surface area contributed by atoms with E-state index in [0.29, 0.717) is 30.0 Å². The molecule has 1 aromatic heterocycles. The highest BCUT2D eigenvalue weighted by atomic mass is 16.2. The van der Waals surface area contributed by atoms with E-state index >= 15 is 0 Å². The van der Waals surface area contributed by atoms with Gasteiger partial charge in [-0.25, -0.2) is 0 Å². The quantitative estimate of drug-likeness (QED) is 0.178. The highest BCUT2D eigenvalue weighted by Gasteiger charge is 2.18. The van der Waals surface area contributed by atoms with Gasteiger partial charge in [0.2, 0.25) is 0 Å². The van der Waals surface area contributed by atoms with Crippen LogP contribution in [0.3, 0.4) is 0 Å². The molecule has 0 spiro atoms. The molecule has 0 unspecified atom stereocenters. The van der Waals surface area contributed by atoms with Gasteiger partial charge in [0.25, 0.3) is 11.8 Å². The van der Waals surface area contributed by atoms with Crippen molar-refractivity contribution >= 4 is 46.9 Å². The van der Waals surface area contributed by atoms with Crippen LogP contribution in [0.25, 0.3) is 0 Å². The third-order valence-corrected chi connectivity index (χ3v) is 7.36. The van der Waals surface area contributed by atoms with Gasteiger partial charge in [-0.3, -0.25) is 25.4 Å². The van der Waals surface area contributed by atoms with E-state index in [1.54, 1.807) is 6.07 Å². The average molecular weight is 586 g/mol. The zero-order chi connectivity index (χ0) is 30.8. The van der Waals surface area contributed by atoms with Crippen LogP contribution in [0.1, 0.15) is 20.8 Å². The Morgan fingerprint density at radius 3 is 1.67 bits per heavy atom. The minimum absolute atomic E-state index is 0.0994. The first-order valence-corrected chi connectivity index (χ1v) is 14.1. The van der Waals surface area contributed by atoms with Crippen molar-refractivity contribution in [3.63, 3.8) is 0 Å². The lowest BCUT2D eigenvalue weighted by Gasteiger charge is -2.36. The van der Waals surface area contributed by atoms with E-state index in [2.05, 4.69) is 31.2 Å². The SMILES string of the molecule is CN.N=CN1CCN(c2ccc(NC(=O)c3ccc(C(=O)Nc4ccc(N5CCN(C(=N)N)CC5)cc4)cn3)cc2)CC1. The van der Waals surface area contributed by atoms with Crippen LogP contribution in [0.15, 0.2) is 66.9 Å². The maximum Gasteiger partial charge on any atom is 0.274 e. The fourth-order valence-corrected chi connectivity index (χ4v) is 4.89. The van der Waals surface area contributed by atoms with Crippen LogP contribution >= 0.6 is 0 Å². The lowest BCUT2D eigenvalue weighted by Crippen LogP contribution is -2.50. The standard InChI is InChI=1S/C29H34N10O2.CH5N/c30-20-36-11-13-37(14-12-36)24-8-4-23(5-9-24)35-28(41)26-10-1-21(19-33-26)27(40)34-22-2-6-25(7-3-22)38-15-17-39(18-16-38)29(31)32;1-2/h1-10,19-20,30H,11-18H2,(H3,31,32)(H,34,40)(H,35,41);2H2,1H3. The number of nitrogens with one attached hydrogen (secondary N) is 4. The highest BCUT2D eigenvalue weighted by molar-refractivity contribution is 6.06. The second-order valence-corrected chi connectivity index (χ2v) is 9.95. The van der Waals surface area contributed by atoms with Gasteiger partial charge in [0, 0.05) is 81.3 Å². The van der Waals surface area contributed by atoms with Crippen molar-refractivity contribution in [1.82, 2.24) is 14.8 Å². The molecule has 3 heterocycles. The Hall–Kier alpha value is -5.17. The topological polar surface area (TPSA) is 184 Å². The predicted molar refractivity (Wildman–Crippen MR) is 171 cm³/mol. The molecule has 0 aliphatic carbocycles. The number of guanidine groups is 1. The summed E-state index contributed by atoms with van der Waals surface area (Å²) in [7, 11) is 1.50. The molecule has 2 aliphatic rings. The Kier molecular flexibility index (Phi) is 10.5. The minimum Gasteiger partial charge on any atom is -0.370 e. The largest absolute Gasteiger partial charge is 0.370 e. The summed E-state index contributed by atoms with van der Waals surface area (Å²) < 4.78 is 0. The van der Waals surface area contributed by atoms with Crippen molar-refractivity contribution in [1.29, 1.82) is 10.8 Å². The Bertz CT molecular complexity index is 1380. The summed E-state index contributed by atoms with van der Waals surface area (Å²) in [4.78, 5) is 38.0. The van der Waals surface area contributed by atoms with Crippen LogP contribution < -0.4 is 31.9 Å². The van der Waals surface area contributed by atoms with Crippen molar-refractivity contribution in [2.45, 2.75) is 0 Å². The number of aromatic nitrogens is 1. The first kappa shape index (κ1) is 30.8. The molecule has 0 radical (unpaired) electrons. The highest BCUT2D eigenvalue weighted by Crippen LogP contribution is 2.21. The minimum atomic E-state index is -0.357. The lowest BCUT2D eigenvalue weighted by molar-refractivity contribution is 0.101. The third-order valence-electron chi connectivity index (χ3n) is 7.36. The molecule has 2 aromatic carbocycles. The smallest absolute Gasteiger partial charge is 0.274 e. The number of nitrogens with zero attached hydrogens (tertiary/aromatic N) is 5. The average Bonchev–Trinajstić information content (AvgIpc) is 3.06. The summed E-state index contributed by atoms with van der Waals surface area (Å²) in [6.07, 6.45) is 2.77. The molecular formula is C30H39N11O2. The fraction of sp³-hybridized carbons (Fsp3) is 0.300. The summed E-state index contributed by atoms with van der Waals surface area (Å²) >= 11 is 0. The zero-order valence-corrected chi connectivity index (χ0v) is 24.3.